The second-order valence-electron chi connectivity index (χ2n) is 12.6. The largest absolute Gasteiger partial charge is 0.379 e. The minimum absolute atomic E-state index is 0.0101. The van der Waals surface area contributed by atoms with Gasteiger partial charge in [-0.1, -0.05) is 0 Å². The van der Waals surface area contributed by atoms with Gasteiger partial charge in [-0.25, -0.2) is 9.37 Å². The SMILES string of the molecule is CO[C@]1(C)C[C@H](Cn2c(-c3ccc(C=N)n3CC3CC3)nc3cc(C(=O)N4C[C@H]5CC[C@@H]4[C@@H]5N)cc(F)c32)C1. The molecule has 2 aromatic heterocycles. The Bertz CT molecular complexity index is 1470. The predicted octanol–water partition coefficient (Wildman–Crippen LogP) is 4.43. The fourth-order valence-corrected chi connectivity index (χ4v) is 7.44. The normalized spacial score (nSPS) is 29.8. The number of fused-ring (bicyclic) bond motifs is 3. The number of piperidine rings is 1. The van der Waals surface area contributed by atoms with E-state index in [1.165, 1.54) is 25.1 Å². The highest BCUT2D eigenvalue weighted by Gasteiger charge is 2.47. The first-order valence-corrected chi connectivity index (χ1v) is 14.3. The van der Waals surface area contributed by atoms with Gasteiger partial charge in [0.1, 0.15) is 11.3 Å². The Morgan fingerprint density at radius 1 is 1.18 bits per heavy atom. The maximum Gasteiger partial charge on any atom is 0.254 e. The zero-order valence-corrected chi connectivity index (χ0v) is 22.7. The number of benzene rings is 1. The van der Waals surface area contributed by atoms with Crippen LogP contribution in [0.5, 0.6) is 0 Å². The van der Waals surface area contributed by atoms with Crippen LogP contribution in [-0.4, -0.2) is 62.5 Å². The minimum Gasteiger partial charge on any atom is -0.379 e. The summed E-state index contributed by atoms with van der Waals surface area (Å²) in [4.78, 5) is 20.4. The number of methoxy groups -OCH3 is 1. The number of nitrogens with zero attached hydrogens (tertiary/aromatic N) is 4. The van der Waals surface area contributed by atoms with E-state index >= 15 is 4.39 Å². The number of ether oxygens (including phenoxy) is 1. The molecule has 3 aliphatic carbocycles. The Hall–Kier alpha value is -3.04. The fourth-order valence-electron chi connectivity index (χ4n) is 7.44. The Kier molecular flexibility index (Phi) is 5.76. The molecule has 9 heteroatoms. The molecule has 0 unspecified atom stereocenters. The second-order valence-corrected chi connectivity index (χ2v) is 12.6. The smallest absolute Gasteiger partial charge is 0.254 e. The van der Waals surface area contributed by atoms with Crippen molar-refractivity contribution in [1.29, 1.82) is 5.41 Å². The number of halogens is 1. The first-order valence-electron chi connectivity index (χ1n) is 14.3. The molecule has 7 rings (SSSR count). The van der Waals surface area contributed by atoms with Gasteiger partial charge in [-0.15, -0.1) is 0 Å². The molecule has 2 bridgehead atoms. The highest BCUT2D eigenvalue weighted by Crippen LogP contribution is 2.43. The van der Waals surface area contributed by atoms with Crippen LogP contribution in [0.1, 0.15) is 61.5 Å². The molecule has 4 fully saturated rings. The van der Waals surface area contributed by atoms with Crippen LogP contribution in [-0.2, 0) is 17.8 Å². The number of likely N-dealkylation sites (tertiary alicyclic amines) is 1. The zero-order valence-electron chi connectivity index (χ0n) is 22.7. The van der Waals surface area contributed by atoms with Crippen molar-refractivity contribution in [2.75, 3.05) is 13.7 Å². The van der Waals surface area contributed by atoms with Gasteiger partial charge in [-0.05, 0) is 87.5 Å². The molecule has 8 nitrogen and oxygen atoms in total. The predicted molar refractivity (Wildman–Crippen MR) is 147 cm³/mol. The number of aromatic nitrogens is 3. The van der Waals surface area contributed by atoms with Crippen LogP contribution in [0.2, 0.25) is 0 Å². The average molecular weight is 533 g/mol. The van der Waals surface area contributed by atoms with E-state index in [9.17, 15) is 4.79 Å². The lowest BCUT2D eigenvalue weighted by Crippen LogP contribution is -2.44. The van der Waals surface area contributed by atoms with E-state index in [1.54, 1.807) is 13.2 Å². The molecule has 0 radical (unpaired) electrons. The summed E-state index contributed by atoms with van der Waals surface area (Å²) in [6, 6.07) is 7.12. The molecule has 3 N–H and O–H groups in total. The topological polar surface area (TPSA) is 102 Å². The third kappa shape index (κ3) is 4.04. The number of carbonyl (C=O) groups excluding carboxylic acids is 1. The van der Waals surface area contributed by atoms with Crippen LogP contribution in [0.3, 0.4) is 0 Å². The first-order chi connectivity index (χ1) is 18.8. The Morgan fingerprint density at radius 3 is 2.59 bits per heavy atom. The van der Waals surface area contributed by atoms with Gasteiger partial charge in [-0.3, -0.25) is 4.79 Å². The lowest BCUT2D eigenvalue weighted by Gasteiger charge is -2.44. The van der Waals surface area contributed by atoms with Gasteiger partial charge in [0.05, 0.1) is 22.5 Å². The van der Waals surface area contributed by atoms with E-state index < -0.39 is 5.82 Å². The molecule has 3 atom stereocenters. The van der Waals surface area contributed by atoms with Gasteiger partial charge >= 0.3 is 0 Å². The van der Waals surface area contributed by atoms with Gasteiger partial charge in [0.25, 0.3) is 5.91 Å². The van der Waals surface area contributed by atoms with Crippen LogP contribution in [0.25, 0.3) is 22.6 Å². The van der Waals surface area contributed by atoms with Crippen molar-refractivity contribution in [3.63, 3.8) is 0 Å². The number of amides is 1. The Labute approximate surface area is 227 Å². The minimum atomic E-state index is -0.426. The molecule has 1 saturated heterocycles. The van der Waals surface area contributed by atoms with Crippen LogP contribution in [0.15, 0.2) is 24.3 Å². The number of hydrogen-bond donors (Lipinski definition) is 2. The summed E-state index contributed by atoms with van der Waals surface area (Å²) in [5.41, 5.74) is 9.17. The van der Waals surface area contributed by atoms with Gasteiger partial charge in [-0.2, -0.15) is 0 Å². The second kappa shape index (κ2) is 8.99. The van der Waals surface area contributed by atoms with Crippen LogP contribution in [0, 0.1) is 29.0 Å². The average Bonchev–Trinajstić information content (AvgIpc) is 3.22. The molecule has 1 aliphatic heterocycles. The molecule has 0 spiro atoms. The number of nitrogens with two attached hydrogens (primary N) is 1. The molecule has 39 heavy (non-hydrogen) atoms. The fraction of sp³-hybridized carbons (Fsp3) is 0.567. The van der Waals surface area contributed by atoms with Gasteiger partial charge in [0, 0.05) is 50.6 Å². The lowest BCUT2D eigenvalue weighted by atomic mass is 9.72. The molecule has 3 saturated carbocycles. The van der Waals surface area contributed by atoms with Gasteiger partial charge in [0.15, 0.2) is 5.82 Å². The van der Waals surface area contributed by atoms with Crippen molar-refractivity contribution in [2.45, 2.75) is 76.2 Å². The summed E-state index contributed by atoms with van der Waals surface area (Å²) in [6.07, 6.45) is 7.51. The number of nitrogens with one attached hydrogen (secondary N) is 1. The summed E-state index contributed by atoms with van der Waals surface area (Å²) in [6.45, 7) is 4.20. The molecule has 3 aromatic rings. The van der Waals surface area contributed by atoms with Crippen LogP contribution in [0.4, 0.5) is 4.39 Å². The van der Waals surface area contributed by atoms with Crippen molar-refractivity contribution < 1.29 is 13.9 Å². The molecule has 4 aliphatic rings. The molecule has 206 valence electrons. The summed E-state index contributed by atoms with van der Waals surface area (Å²) in [5.74, 6) is 1.38. The number of rotatable bonds is 8. The van der Waals surface area contributed by atoms with E-state index in [2.05, 4.69) is 11.5 Å². The monoisotopic (exact) mass is 532 g/mol. The van der Waals surface area contributed by atoms with E-state index in [0.29, 0.717) is 53.3 Å². The number of hydrogen-bond acceptors (Lipinski definition) is 5. The van der Waals surface area contributed by atoms with Crippen molar-refractivity contribution in [1.82, 2.24) is 19.0 Å². The van der Waals surface area contributed by atoms with E-state index in [0.717, 1.165) is 43.6 Å². The van der Waals surface area contributed by atoms with Crippen LogP contribution >= 0.6 is 0 Å². The van der Waals surface area contributed by atoms with Gasteiger partial charge < -0.3 is 29.9 Å². The summed E-state index contributed by atoms with van der Waals surface area (Å²) in [5, 5.41) is 7.95. The molecular formula is C30H37FN6O2. The summed E-state index contributed by atoms with van der Waals surface area (Å²) in [7, 11) is 1.75. The van der Waals surface area contributed by atoms with Crippen molar-refractivity contribution in [3.05, 3.63) is 41.3 Å². The maximum absolute atomic E-state index is 16.0. The molecule has 1 amide bonds. The first kappa shape index (κ1) is 25.0. The maximum atomic E-state index is 16.0. The Morgan fingerprint density at radius 2 is 1.95 bits per heavy atom. The zero-order chi connectivity index (χ0) is 27.1. The quantitative estimate of drug-likeness (QED) is 0.419. The third-order valence-corrected chi connectivity index (χ3v) is 9.86. The van der Waals surface area contributed by atoms with Gasteiger partial charge in [0.2, 0.25) is 0 Å². The van der Waals surface area contributed by atoms with E-state index in [-0.39, 0.29) is 23.6 Å². The molecular weight excluding hydrogens is 495 g/mol. The van der Waals surface area contributed by atoms with Crippen LogP contribution < -0.4 is 5.73 Å². The van der Waals surface area contributed by atoms with Crippen molar-refractivity contribution in [2.24, 2.45) is 23.5 Å². The number of imidazole rings is 1. The van der Waals surface area contributed by atoms with Crippen molar-refractivity contribution in [3.8, 4) is 11.5 Å². The molecule has 1 aromatic carbocycles. The molecule has 3 heterocycles. The highest BCUT2D eigenvalue weighted by atomic mass is 19.1. The summed E-state index contributed by atoms with van der Waals surface area (Å²) >= 11 is 0. The van der Waals surface area contributed by atoms with E-state index in [1.807, 2.05) is 21.6 Å². The third-order valence-electron chi connectivity index (χ3n) is 9.86. The standard InChI is InChI=1S/C30H37FN6O2/c1-30(39-2)11-18(12-30)15-37-27-22(31)9-20(29(38)36-16-19-5-7-24(36)26(19)33)10-23(27)34-28(37)25-8-6-21(13-32)35(25)14-17-3-4-17/h6,8-10,13,17-19,24,26,32H,3-5,7,11-12,14-16,33H2,1-2H3/t18-,19-,24-,26-,30+/m1/s1. The number of carbonyl (C=O) groups is 1. The van der Waals surface area contributed by atoms with Crippen molar-refractivity contribution >= 4 is 23.2 Å². The Balaban J connectivity index is 1.31. The lowest BCUT2D eigenvalue weighted by molar-refractivity contribution is -0.0937. The van der Waals surface area contributed by atoms with E-state index in [4.69, 9.17) is 20.9 Å². The summed E-state index contributed by atoms with van der Waals surface area (Å²) < 4.78 is 25.8. The highest BCUT2D eigenvalue weighted by molar-refractivity contribution is 5.98.